The molecule has 0 radical (unpaired) electrons. The molecule has 0 heterocycles. The Morgan fingerprint density at radius 3 is 2.45 bits per heavy atom. The van der Waals surface area contributed by atoms with Gasteiger partial charge in [-0.05, 0) is 78.2 Å². The lowest BCUT2D eigenvalue weighted by atomic mass is 9.69. The summed E-state index contributed by atoms with van der Waals surface area (Å²) < 4.78 is 5.49. The summed E-state index contributed by atoms with van der Waals surface area (Å²) in [6, 6.07) is 27.0. The Bertz CT molecular complexity index is 917. The van der Waals surface area contributed by atoms with Crippen LogP contribution in [-0.4, -0.2) is 20.2 Å². The number of hydrogen-bond acceptors (Lipinski definition) is 2. The zero-order valence-electron chi connectivity index (χ0n) is 17.5. The lowest BCUT2D eigenvalue weighted by Gasteiger charge is -2.35. The van der Waals surface area contributed by atoms with E-state index in [1.807, 2.05) is 0 Å². The van der Waals surface area contributed by atoms with Crippen molar-refractivity contribution >= 4 is 0 Å². The molecule has 0 bridgehead atoms. The van der Waals surface area contributed by atoms with Crippen molar-refractivity contribution in [1.29, 1.82) is 0 Å². The zero-order valence-corrected chi connectivity index (χ0v) is 17.5. The first-order valence-electron chi connectivity index (χ1n) is 10.8. The first-order valence-corrected chi connectivity index (χ1v) is 10.8. The highest BCUT2D eigenvalue weighted by Gasteiger charge is 2.32. The highest BCUT2D eigenvalue weighted by Crippen LogP contribution is 2.46. The number of nitrogens with one attached hydrogen (secondary N) is 1. The molecule has 1 aliphatic rings. The van der Waals surface area contributed by atoms with Crippen LogP contribution in [0.4, 0.5) is 0 Å². The van der Waals surface area contributed by atoms with Gasteiger partial charge < -0.3 is 10.1 Å². The Kier molecular flexibility index (Phi) is 6.31. The SMILES string of the molecule is CCNCCc1ccc([C@@H]2c3ccc(OC)cc3CC[C@@H]2c2ccccc2)cc1. The van der Waals surface area contributed by atoms with Crippen molar-refractivity contribution in [2.24, 2.45) is 0 Å². The summed E-state index contributed by atoms with van der Waals surface area (Å²) in [5, 5.41) is 3.42. The van der Waals surface area contributed by atoms with Crippen molar-refractivity contribution in [3.05, 3.63) is 101 Å². The highest BCUT2D eigenvalue weighted by molar-refractivity contribution is 5.48. The van der Waals surface area contributed by atoms with E-state index in [1.165, 1.54) is 27.8 Å². The largest absolute Gasteiger partial charge is 0.497 e. The minimum atomic E-state index is 0.384. The molecule has 2 nitrogen and oxygen atoms in total. The molecule has 0 unspecified atom stereocenters. The molecule has 0 aliphatic heterocycles. The third-order valence-corrected chi connectivity index (χ3v) is 6.22. The summed E-state index contributed by atoms with van der Waals surface area (Å²) in [5.74, 6) is 1.85. The molecule has 3 aromatic rings. The Morgan fingerprint density at radius 1 is 0.931 bits per heavy atom. The van der Waals surface area contributed by atoms with E-state index >= 15 is 0 Å². The van der Waals surface area contributed by atoms with E-state index in [0.29, 0.717) is 11.8 Å². The van der Waals surface area contributed by atoms with Crippen LogP contribution < -0.4 is 10.1 Å². The van der Waals surface area contributed by atoms with E-state index in [9.17, 15) is 0 Å². The molecule has 29 heavy (non-hydrogen) atoms. The second kappa shape index (κ2) is 9.28. The number of benzene rings is 3. The quantitative estimate of drug-likeness (QED) is 0.526. The zero-order chi connectivity index (χ0) is 20.1. The van der Waals surface area contributed by atoms with Crippen LogP contribution in [0.2, 0.25) is 0 Å². The first-order chi connectivity index (χ1) is 14.3. The summed E-state index contributed by atoms with van der Waals surface area (Å²) in [7, 11) is 1.75. The summed E-state index contributed by atoms with van der Waals surface area (Å²) in [5.41, 5.74) is 7.13. The van der Waals surface area contributed by atoms with E-state index < -0.39 is 0 Å². The fraction of sp³-hybridized carbons (Fsp3) is 0.333. The molecule has 4 rings (SSSR count). The van der Waals surface area contributed by atoms with Gasteiger partial charge in [-0.15, -0.1) is 0 Å². The summed E-state index contributed by atoms with van der Waals surface area (Å²) >= 11 is 0. The molecular weight excluding hydrogens is 354 g/mol. The van der Waals surface area contributed by atoms with Crippen molar-refractivity contribution in [1.82, 2.24) is 5.32 Å². The smallest absolute Gasteiger partial charge is 0.119 e. The maximum Gasteiger partial charge on any atom is 0.119 e. The Morgan fingerprint density at radius 2 is 1.72 bits per heavy atom. The van der Waals surface area contributed by atoms with Gasteiger partial charge in [0, 0.05) is 5.92 Å². The lowest BCUT2D eigenvalue weighted by molar-refractivity contribution is 0.412. The van der Waals surface area contributed by atoms with Gasteiger partial charge in [-0.3, -0.25) is 0 Å². The summed E-state index contributed by atoms with van der Waals surface area (Å²) in [6.07, 6.45) is 3.34. The molecule has 150 valence electrons. The van der Waals surface area contributed by atoms with Crippen LogP contribution >= 0.6 is 0 Å². The van der Waals surface area contributed by atoms with Crippen LogP contribution in [0.25, 0.3) is 0 Å². The monoisotopic (exact) mass is 385 g/mol. The Hall–Kier alpha value is -2.58. The topological polar surface area (TPSA) is 21.3 Å². The van der Waals surface area contributed by atoms with Crippen molar-refractivity contribution in [3.63, 3.8) is 0 Å². The number of methoxy groups -OCH3 is 1. The van der Waals surface area contributed by atoms with Crippen LogP contribution in [0.3, 0.4) is 0 Å². The van der Waals surface area contributed by atoms with Gasteiger partial charge in [0.25, 0.3) is 0 Å². The minimum absolute atomic E-state index is 0.384. The fourth-order valence-corrected chi connectivity index (χ4v) is 4.70. The standard InChI is InChI=1S/C27H31NO/c1-3-28-18-17-20-9-11-22(12-10-20)27-25(21-7-5-4-6-8-21)15-13-23-19-24(29-2)14-16-26(23)27/h4-12,14,16,19,25,27-28H,3,13,15,17-18H2,1-2H3/t25-,27+/m1/s1. The van der Waals surface area contributed by atoms with Crippen LogP contribution in [-0.2, 0) is 12.8 Å². The molecule has 3 aromatic carbocycles. The number of rotatable bonds is 7. The van der Waals surface area contributed by atoms with Crippen molar-refractivity contribution in [3.8, 4) is 5.75 Å². The van der Waals surface area contributed by atoms with Gasteiger partial charge in [0.1, 0.15) is 5.75 Å². The van der Waals surface area contributed by atoms with E-state index in [-0.39, 0.29) is 0 Å². The minimum Gasteiger partial charge on any atom is -0.497 e. The lowest BCUT2D eigenvalue weighted by Crippen LogP contribution is -2.20. The van der Waals surface area contributed by atoms with Gasteiger partial charge in [0.2, 0.25) is 0 Å². The normalized spacial score (nSPS) is 18.3. The number of likely N-dealkylation sites (N-methyl/N-ethyl adjacent to an activating group) is 1. The molecule has 1 aliphatic carbocycles. The van der Waals surface area contributed by atoms with Crippen LogP contribution in [0.5, 0.6) is 5.75 Å². The van der Waals surface area contributed by atoms with E-state index in [2.05, 4.69) is 85.0 Å². The van der Waals surface area contributed by atoms with Crippen molar-refractivity contribution in [2.45, 2.75) is 38.0 Å². The van der Waals surface area contributed by atoms with Crippen molar-refractivity contribution < 1.29 is 4.74 Å². The van der Waals surface area contributed by atoms with Crippen molar-refractivity contribution in [2.75, 3.05) is 20.2 Å². The van der Waals surface area contributed by atoms with Crippen LogP contribution in [0.1, 0.15) is 53.0 Å². The highest BCUT2D eigenvalue weighted by atomic mass is 16.5. The number of ether oxygens (including phenoxy) is 1. The molecule has 2 heteroatoms. The molecule has 0 aromatic heterocycles. The number of fused-ring (bicyclic) bond motifs is 1. The van der Waals surface area contributed by atoms with Gasteiger partial charge in [0.05, 0.1) is 7.11 Å². The molecule has 1 N–H and O–H groups in total. The Balaban J connectivity index is 1.70. The fourth-order valence-electron chi connectivity index (χ4n) is 4.70. The predicted octanol–water partition coefficient (Wildman–Crippen LogP) is 5.71. The van der Waals surface area contributed by atoms with Gasteiger partial charge in [-0.1, -0.05) is 67.6 Å². The molecule has 0 amide bonds. The maximum absolute atomic E-state index is 5.49. The third kappa shape index (κ3) is 4.38. The predicted molar refractivity (Wildman–Crippen MR) is 121 cm³/mol. The van der Waals surface area contributed by atoms with Gasteiger partial charge in [-0.2, -0.15) is 0 Å². The van der Waals surface area contributed by atoms with E-state index in [0.717, 1.165) is 38.1 Å². The molecule has 0 fully saturated rings. The summed E-state index contributed by atoms with van der Waals surface area (Å²) in [6.45, 7) is 4.22. The number of aryl methyl sites for hydroxylation is 1. The summed E-state index contributed by atoms with van der Waals surface area (Å²) in [4.78, 5) is 0. The van der Waals surface area contributed by atoms with Gasteiger partial charge >= 0.3 is 0 Å². The molecule has 2 atom stereocenters. The first kappa shape index (κ1) is 19.7. The number of hydrogen-bond donors (Lipinski definition) is 1. The second-order valence-corrected chi connectivity index (χ2v) is 7.94. The average molecular weight is 386 g/mol. The molecule has 0 spiro atoms. The second-order valence-electron chi connectivity index (χ2n) is 7.94. The molecule has 0 saturated heterocycles. The van der Waals surface area contributed by atoms with Gasteiger partial charge in [-0.25, -0.2) is 0 Å². The van der Waals surface area contributed by atoms with E-state index in [1.54, 1.807) is 7.11 Å². The van der Waals surface area contributed by atoms with Crippen LogP contribution in [0, 0.1) is 0 Å². The molecular formula is C27H31NO. The van der Waals surface area contributed by atoms with E-state index in [4.69, 9.17) is 4.74 Å². The average Bonchev–Trinajstić information content (AvgIpc) is 2.79. The van der Waals surface area contributed by atoms with Gasteiger partial charge in [0.15, 0.2) is 0 Å². The Labute approximate surface area is 174 Å². The third-order valence-electron chi connectivity index (χ3n) is 6.22. The molecule has 0 saturated carbocycles. The van der Waals surface area contributed by atoms with Crippen LogP contribution in [0.15, 0.2) is 72.8 Å². The maximum atomic E-state index is 5.49.